The van der Waals surface area contributed by atoms with E-state index < -0.39 is 0 Å². The van der Waals surface area contributed by atoms with Crippen molar-refractivity contribution < 1.29 is 4.42 Å². The van der Waals surface area contributed by atoms with Crippen molar-refractivity contribution in [2.24, 2.45) is 0 Å². The fourth-order valence-corrected chi connectivity index (χ4v) is 9.89. The number of para-hydroxylation sites is 1. The van der Waals surface area contributed by atoms with E-state index in [4.69, 9.17) is 4.42 Å². The van der Waals surface area contributed by atoms with E-state index in [0.717, 1.165) is 39.0 Å². The van der Waals surface area contributed by atoms with Gasteiger partial charge in [0.05, 0.1) is 11.1 Å². The van der Waals surface area contributed by atoms with Crippen molar-refractivity contribution in [1.82, 2.24) is 0 Å². The van der Waals surface area contributed by atoms with Gasteiger partial charge < -0.3 is 9.32 Å². The Kier molecular flexibility index (Phi) is 6.98. The maximum atomic E-state index is 6.43. The Bertz CT molecular complexity index is 3000. The lowest BCUT2D eigenvalue weighted by molar-refractivity contribution is 0.653. The van der Waals surface area contributed by atoms with Crippen molar-refractivity contribution >= 4 is 39.0 Å². The number of hydrogen-bond donors (Lipinski definition) is 0. The summed E-state index contributed by atoms with van der Waals surface area (Å²) in [5.74, 6) is 0. The van der Waals surface area contributed by atoms with Gasteiger partial charge in [-0.25, -0.2) is 0 Å². The average molecular weight is 720 g/mol. The highest BCUT2D eigenvalue weighted by atomic mass is 16.3. The second kappa shape index (κ2) is 11.9. The summed E-state index contributed by atoms with van der Waals surface area (Å²) in [5.41, 5.74) is 20.7. The molecule has 0 radical (unpaired) electrons. The summed E-state index contributed by atoms with van der Waals surface area (Å²) in [6.45, 7) is 9.61. The van der Waals surface area contributed by atoms with Gasteiger partial charge in [0.2, 0.25) is 0 Å². The maximum Gasteiger partial charge on any atom is 0.137 e. The van der Waals surface area contributed by atoms with Crippen LogP contribution in [0.5, 0.6) is 0 Å². The largest absolute Gasteiger partial charge is 0.456 e. The predicted octanol–water partition coefficient (Wildman–Crippen LogP) is 15.0. The number of furan rings is 1. The lowest BCUT2D eigenvalue weighted by Gasteiger charge is -2.29. The zero-order valence-electron chi connectivity index (χ0n) is 32.1. The van der Waals surface area contributed by atoms with Crippen LogP contribution >= 0.6 is 0 Å². The maximum absolute atomic E-state index is 6.43. The summed E-state index contributed by atoms with van der Waals surface area (Å²) >= 11 is 0. The molecule has 0 saturated heterocycles. The number of benzene rings is 8. The quantitative estimate of drug-likeness (QED) is 0.176. The molecule has 2 aliphatic carbocycles. The van der Waals surface area contributed by atoms with Gasteiger partial charge in [0, 0.05) is 27.6 Å². The summed E-state index contributed by atoms with van der Waals surface area (Å²) in [6.07, 6.45) is 0. The van der Waals surface area contributed by atoms with Gasteiger partial charge in [0.15, 0.2) is 0 Å². The van der Waals surface area contributed by atoms with E-state index in [9.17, 15) is 0 Å². The molecule has 0 unspecified atom stereocenters. The zero-order chi connectivity index (χ0) is 37.8. The second-order valence-electron chi connectivity index (χ2n) is 16.5. The van der Waals surface area contributed by atoms with Crippen LogP contribution in [0.25, 0.3) is 66.4 Å². The van der Waals surface area contributed by atoms with Gasteiger partial charge in [-0.05, 0) is 121 Å². The molecular formula is C54H41NO. The Hall–Kier alpha value is -6.64. The fourth-order valence-electron chi connectivity index (χ4n) is 9.89. The third-order valence-electron chi connectivity index (χ3n) is 12.6. The van der Waals surface area contributed by atoms with Crippen LogP contribution in [0.3, 0.4) is 0 Å². The topological polar surface area (TPSA) is 16.4 Å². The monoisotopic (exact) mass is 719 g/mol. The number of nitrogens with zero attached hydrogens (tertiary/aromatic N) is 1. The standard InChI is InChI=1S/C54H41NO/c1-53(2)45-31-38(29-30-40(45)43-32-47-44(33-46(43)53)41-21-13-20-39(52(41)54(47,3)4)36-17-9-6-10-18-36)55(37-27-25-35(26-28-37)34-15-7-5-8-16-34)48-22-14-24-50-51(48)42-19-11-12-23-49(42)56-50/h5-33H,1-4H3. The van der Waals surface area contributed by atoms with Gasteiger partial charge in [-0.15, -0.1) is 0 Å². The molecule has 0 amide bonds. The molecule has 11 rings (SSSR count). The highest BCUT2D eigenvalue weighted by Crippen LogP contribution is 2.58. The van der Waals surface area contributed by atoms with Crippen LogP contribution in [0, 0.1) is 0 Å². The Balaban J connectivity index is 1.08. The van der Waals surface area contributed by atoms with Crippen molar-refractivity contribution in [3.63, 3.8) is 0 Å². The van der Waals surface area contributed by atoms with E-state index in [2.05, 4.69) is 202 Å². The number of fused-ring (bicyclic) bond motifs is 9. The number of hydrogen-bond acceptors (Lipinski definition) is 2. The predicted molar refractivity (Wildman–Crippen MR) is 234 cm³/mol. The van der Waals surface area contributed by atoms with Crippen LogP contribution in [-0.4, -0.2) is 0 Å². The van der Waals surface area contributed by atoms with Crippen LogP contribution in [0.2, 0.25) is 0 Å². The molecule has 1 heterocycles. The molecule has 9 aromatic rings. The highest BCUT2D eigenvalue weighted by molar-refractivity contribution is 6.13. The molecule has 0 atom stereocenters. The van der Waals surface area contributed by atoms with E-state index in [0.29, 0.717) is 0 Å². The van der Waals surface area contributed by atoms with Crippen molar-refractivity contribution in [3.05, 3.63) is 198 Å². The normalized spacial score (nSPS) is 14.4. The fraction of sp³-hybridized carbons (Fsp3) is 0.111. The number of rotatable bonds is 5. The molecule has 0 fully saturated rings. The zero-order valence-corrected chi connectivity index (χ0v) is 32.1. The first-order valence-electron chi connectivity index (χ1n) is 19.7. The van der Waals surface area contributed by atoms with Crippen LogP contribution in [0.1, 0.15) is 49.9 Å². The Morgan fingerprint density at radius 1 is 0.393 bits per heavy atom. The summed E-state index contributed by atoms with van der Waals surface area (Å²) in [7, 11) is 0. The molecule has 0 saturated carbocycles. The van der Waals surface area contributed by atoms with Crippen LogP contribution in [-0.2, 0) is 10.8 Å². The molecule has 268 valence electrons. The molecule has 0 spiro atoms. The van der Waals surface area contributed by atoms with Gasteiger partial charge in [0.25, 0.3) is 0 Å². The molecule has 0 aliphatic heterocycles. The molecule has 2 heteroatoms. The van der Waals surface area contributed by atoms with Gasteiger partial charge >= 0.3 is 0 Å². The van der Waals surface area contributed by atoms with Crippen LogP contribution < -0.4 is 4.90 Å². The van der Waals surface area contributed by atoms with E-state index in [1.165, 1.54) is 66.8 Å². The van der Waals surface area contributed by atoms with Crippen molar-refractivity contribution in [1.29, 1.82) is 0 Å². The van der Waals surface area contributed by atoms with Gasteiger partial charge in [-0.3, -0.25) is 0 Å². The lowest BCUT2D eigenvalue weighted by atomic mass is 9.77. The third-order valence-corrected chi connectivity index (χ3v) is 12.6. The average Bonchev–Trinajstić information content (AvgIpc) is 3.81. The van der Waals surface area contributed by atoms with Crippen LogP contribution in [0.15, 0.2) is 180 Å². The Labute approximate surface area is 328 Å². The molecule has 0 N–H and O–H groups in total. The van der Waals surface area contributed by atoms with Crippen molar-refractivity contribution in [2.75, 3.05) is 4.90 Å². The summed E-state index contributed by atoms with van der Waals surface area (Å²) in [6, 6.07) is 64.3. The molecule has 56 heavy (non-hydrogen) atoms. The van der Waals surface area contributed by atoms with Crippen molar-refractivity contribution in [2.45, 2.75) is 38.5 Å². The Morgan fingerprint density at radius 3 is 1.73 bits per heavy atom. The summed E-state index contributed by atoms with van der Waals surface area (Å²) < 4.78 is 6.43. The van der Waals surface area contributed by atoms with E-state index in [1.807, 2.05) is 6.07 Å². The van der Waals surface area contributed by atoms with Gasteiger partial charge in [-0.2, -0.15) is 0 Å². The molecular weight excluding hydrogens is 679 g/mol. The van der Waals surface area contributed by atoms with E-state index in [-0.39, 0.29) is 10.8 Å². The summed E-state index contributed by atoms with van der Waals surface area (Å²) in [4.78, 5) is 2.42. The second-order valence-corrected chi connectivity index (χ2v) is 16.5. The first-order chi connectivity index (χ1) is 27.3. The van der Waals surface area contributed by atoms with Crippen LogP contribution in [0.4, 0.5) is 17.1 Å². The van der Waals surface area contributed by atoms with Gasteiger partial charge in [0.1, 0.15) is 11.2 Å². The highest BCUT2D eigenvalue weighted by Gasteiger charge is 2.43. The minimum absolute atomic E-state index is 0.145. The lowest BCUT2D eigenvalue weighted by Crippen LogP contribution is -2.18. The van der Waals surface area contributed by atoms with E-state index in [1.54, 1.807) is 0 Å². The molecule has 1 aromatic heterocycles. The molecule has 2 nitrogen and oxygen atoms in total. The minimum Gasteiger partial charge on any atom is -0.456 e. The number of anilines is 3. The molecule has 8 aromatic carbocycles. The summed E-state index contributed by atoms with van der Waals surface area (Å²) in [5, 5.41) is 2.23. The SMILES string of the molecule is CC1(C)c2cc(N(c3ccc(-c4ccccc4)cc3)c3cccc4oc5ccccc5c34)ccc2-c2cc3c(cc21)-c1cccc(-c2ccccc2)c1C3(C)C. The first kappa shape index (κ1) is 32.8. The van der Waals surface area contributed by atoms with Crippen molar-refractivity contribution in [3.8, 4) is 44.5 Å². The Morgan fingerprint density at radius 2 is 0.964 bits per heavy atom. The third kappa shape index (κ3) is 4.69. The first-order valence-corrected chi connectivity index (χ1v) is 19.7. The van der Waals surface area contributed by atoms with E-state index >= 15 is 0 Å². The molecule has 2 aliphatic rings. The minimum atomic E-state index is -0.211. The van der Waals surface area contributed by atoms with Gasteiger partial charge in [-0.1, -0.05) is 149 Å². The smallest absolute Gasteiger partial charge is 0.137 e. The molecule has 0 bridgehead atoms.